The highest BCUT2D eigenvalue weighted by atomic mass is 32.1. The zero-order chi connectivity index (χ0) is 16.9. The van der Waals surface area contributed by atoms with Crippen molar-refractivity contribution in [3.05, 3.63) is 51.7 Å². The number of benzene rings is 1. The zero-order valence-corrected chi connectivity index (χ0v) is 14.3. The lowest BCUT2D eigenvalue weighted by Crippen LogP contribution is -2.41. The molecule has 1 amide bonds. The summed E-state index contributed by atoms with van der Waals surface area (Å²) in [6, 6.07) is 6.95. The Hall–Kier alpha value is -1.79. The molecule has 2 aromatic rings. The van der Waals surface area contributed by atoms with Gasteiger partial charge >= 0.3 is 0 Å². The number of hydrogen-bond donors (Lipinski definition) is 2. The predicted molar refractivity (Wildman–Crippen MR) is 93.4 cm³/mol. The fourth-order valence-electron chi connectivity index (χ4n) is 2.99. The molecule has 24 heavy (non-hydrogen) atoms. The number of nitrogens with zero attached hydrogens (tertiary/aromatic N) is 1. The maximum absolute atomic E-state index is 12.9. The number of rotatable bonds is 5. The molecule has 1 aromatic carbocycles. The van der Waals surface area contributed by atoms with Crippen molar-refractivity contribution in [1.29, 1.82) is 0 Å². The Bertz CT molecular complexity index is 678. The molecule has 0 radical (unpaired) electrons. The van der Waals surface area contributed by atoms with E-state index in [4.69, 9.17) is 5.73 Å². The highest BCUT2D eigenvalue weighted by Gasteiger charge is 2.20. The van der Waals surface area contributed by atoms with E-state index in [1.165, 1.54) is 23.5 Å². The van der Waals surface area contributed by atoms with Gasteiger partial charge in [0.15, 0.2) is 0 Å². The molecule has 1 aromatic heterocycles. The zero-order valence-electron chi connectivity index (χ0n) is 13.5. The van der Waals surface area contributed by atoms with E-state index >= 15 is 0 Å². The molecule has 1 fully saturated rings. The van der Waals surface area contributed by atoms with Crippen molar-refractivity contribution >= 4 is 17.2 Å². The van der Waals surface area contributed by atoms with Crippen molar-refractivity contribution in [1.82, 2.24) is 10.3 Å². The molecule has 1 aliphatic carbocycles. The van der Waals surface area contributed by atoms with Crippen LogP contribution >= 0.6 is 11.3 Å². The molecule has 1 heterocycles. The second kappa shape index (κ2) is 7.85. The number of hydrogen-bond acceptors (Lipinski definition) is 4. The van der Waals surface area contributed by atoms with Crippen LogP contribution in [0.15, 0.2) is 29.6 Å². The molecule has 128 valence electrons. The minimum atomic E-state index is -0.237. The Morgan fingerprint density at radius 2 is 1.96 bits per heavy atom. The molecule has 0 saturated heterocycles. The maximum Gasteiger partial charge on any atom is 0.226 e. The van der Waals surface area contributed by atoms with Crippen molar-refractivity contribution < 1.29 is 9.18 Å². The summed E-state index contributed by atoms with van der Waals surface area (Å²) in [7, 11) is 0. The van der Waals surface area contributed by atoms with Gasteiger partial charge in [0.05, 0.1) is 17.1 Å². The van der Waals surface area contributed by atoms with Gasteiger partial charge in [-0.2, -0.15) is 0 Å². The average molecular weight is 347 g/mol. The molecular weight excluding hydrogens is 325 g/mol. The van der Waals surface area contributed by atoms with Gasteiger partial charge < -0.3 is 11.1 Å². The highest BCUT2D eigenvalue weighted by Crippen LogP contribution is 2.18. The van der Waals surface area contributed by atoms with Crippen LogP contribution in [0.1, 0.15) is 41.9 Å². The third kappa shape index (κ3) is 4.85. The molecule has 1 saturated carbocycles. The molecule has 6 heteroatoms. The van der Waals surface area contributed by atoms with E-state index in [1.807, 2.05) is 5.38 Å². The summed E-state index contributed by atoms with van der Waals surface area (Å²) >= 11 is 1.54. The normalized spacial score (nSPS) is 20.8. The Kier molecular flexibility index (Phi) is 5.58. The number of aromatic nitrogens is 1. The standard InChI is InChI=1S/C18H22FN3OS/c19-13-3-1-12(2-4-13)9-18-22-16(11-24-18)10-17(23)21-15-7-5-14(20)6-8-15/h1-4,11,14-15H,5-10,20H2,(H,21,23). The van der Waals surface area contributed by atoms with Gasteiger partial charge in [-0.25, -0.2) is 9.37 Å². The summed E-state index contributed by atoms with van der Waals surface area (Å²) in [5.74, 6) is -0.215. The molecule has 0 aliphatic heterocycles. The maximum atomic E-state index is 12.9. The predicted octanol–water partition coefficient (Wildman–Crippen LogP) is 2.80. The van der Waals surface area contributed by atoms with Gasteiger partial charge in [0.25, 0.3) is 0 Å². The lowest BCUT2D eigenvalue weighted by Gasteiger charge is -2.26. The second-order valence-electron chi connectivity index (χ2n) is 6.39. The summed E-state index contributed by atoms with van der Waals surface area (Å²) in [5.41, 5.74) is 7.69. The lowest BCUT2D eigenvalue weighted by molar-refractivity contribution is -0.121. The van der Waals surface area contributed by atoms with Crippen molar-refractivity contribution in [2.75, 3.05) is 0 Å². The van der Waals surface area contributed by atoms with E-state index in [9.17, 15) is 9.18 Å². The monoisotopic (exact) mass is 347 g/mol. The SMILES string of the molecule is NC1CCC(NC(=O)Cc2csc(Cc3ccc(F)cc3)n2)CC1. The van der Waals surface area contributed by atoms with Crippen molar-refractivity contribution in [2.45, 2.75) is 50.6 Å². The van der Waals surface area contributed by atoms with Gasteiger partial charge in [-0.15, -0.1) is 11.3 Å². The van der Waals surface area contributed by atoms with Gasteiger partial charge in [0, 0.05) is 23.9 Å². The quantitative estimate of drug-likeness (QED) is 0.874. The van der Waals surface area contributed by atoms with E-state index in [1.54, 1.807) is 12.1 Å². The number of carbonyl (C=O) groups is 1. The van der Waals surface area contributed by atoms with Crippen LogP contribution < -0.4 is 11.1 Å². The first-order valence-corrected chi connectivity index (χ1v) is 9.19. The molecule has 0 atom stereocenters. The number of nitrogens with one attached hydrogen (secondary N) is 1. The Morgan fingerprint density at radius 3 is 2.67 bits per heavy atom. The van der Waals surface area contributed by atoms with Crippen LogP contribution in [-0.4, -0.2) is 23.0 Å². The number of nitrogens with two attached hydrogens (primary N) is 1. The van der Waals surface area contributed by atoms with Crippen molar-refractivity contribution in [3.63, 3.8) is 0 Å². The van der Waals surface area contributed by atoms with Gasteiger partial charge in [-0.3, -0.25) is 4.79 Å². The molecule has 4 nitrogen and oxygen atoms in total. The lowest BCUT2D eigenvalue weighted by atomic mass is 9.92. The van der Waals surface area contributed by atoms with Gasteiger partial charge in [0.2, 0.25) is 5.91 Å². The highest BCUT2D eigenvalue weighted by molar-refractivity contribution is 7.09. The van der Waals surface area contributed by atoms with Crippen LogP contribution in [0.2, 0.25) is 0 Å². The smallest absolute Gasteiger partial charge is 0.226 e. The van der Waals surface area contributed by atoms with Crippen LogP contribution in [0.5, 0.6) is 0 Å². The number of halogens is 1. The number of amides is 1. The topological polar surface area (TPSA) is 68.0 Å². The third-order valence-corrected chi connectivity index (χ3v) is 5.24. The van der Waals surface area contributed by atoms with Crippen LogP contribution in [0.4, 0.5) is 4.39 Å². The average Bonchev–Trinajstić information content (AvgIpc) is 2.99. The first kappa shape index (κ1) is 17.0. The van der Waals surface area contributed by atoms with Gasteiger partial charge in [-0.05, 0) is 43.4 Å². The molecular formula is C18H22FN3OS. The molecule has 0 spiro atoms. The van der Waals surface area contributed by atoms with Crippen molar-refractivity contribution in [2.24, 2.45) is 5.73 Å². The molecule has 3 rings (SSSR count). The summed E-state index contributed by atoms with van der Waals surface area (Å²) in [5, 5.41) is 5.95. The fraction of sp³-hybridized carbons (Fsp3) is 0.444. The number of carbonyl (C=O) groups excluding carboxylic acids is 1. The van der Waals surface area contributed by atoms with Crippen LogP contribution in [0.25, 0.3) is 0 Å². The Balaban J connectivity index is 1.50. The summed E-state index contributed by atoms with van der Waals surface area (Å²) in [6.45, 7) is 0. The minimum Gasteiger partial charge on any atom is -0.353 e. The van der Waals surface area contributed by atoms with Crippen LogP contribution in [-0.2, 0) is 17.6 Å². The Morgan fingerprint density at radius 1 is 1.25 bits per heavy atom. The Labute approximate surface area is 145 Å². The molecule has 0 unspecified atom stereocenters. The fourth-order valence-corrected chi connectivity index (χ4v) is 3.82. The first-order valence-electron chi connectivity index (χ1n) is 8.31. The van der Waals surface area contributed by atoms with E-state index in [-0.39, 0.29) is 23.8 Å². The molecule has 1 aliphatic rings. The third-order valence-electron chi connectivity index (χ3n) is 4.35. The second-order valence-corrected chi connectivity index (χ2v) is 7.33. The van der Waals surface area contributed by atoms with E-state index in [0.717, 1.165) is 41.9 Å². The van der Waals surface area contributed by atoms with Crippen LogP contribution in [0.3, 0.4) is 0 Å². The van der Waals surface area contributed by atoms with Crippen molar-refractivity contribution in [3.8, 4) is 0 Å². The summed E-state index contributed by atoms with van der Waals surface area (Å²) in [6.07, 6.45) is 4.84. The van der Waals surface area contributed by atoms with E-state index in [2.05, 4.69) is 10.3 Å². The first-order chi connectivity index (χ1) is 11.6. The van der Waals surface area contributed by atoms with Gasteiger partial charge in [0.1, 0.15) is 5.82 Å². The van der Waals surface area contributed by atoms with E-state index < -0.39 is 0 Å². The molecule has 0 bridgehead atoms. The largest absolute Gasteiger partial charge is 0.353 e. The van der Waals surface area contributed by atoms with Gasteiger partial charge in [-0.1, -0.05) is 12.1 Å². The molecule has 3 N–H and O–H groups in total. The minimum absolute atomic E-state index is 0.0223. The van der Waals surface area contributed by atoms with E-state index in [0.29, 0.717) is 12.8 Å². The van der Waals surface area contributed by atoms with Crippen LogP contribution in [0, 0.1) is 5.82 Å². The summed E-state index contributed by atoms with van der Waals surface area (Å²) < 4.78 is 12.9. The number of thiazole rings is 1. The summed E-state index contributed by atoms with van der Waals surface area (Å²) in [4.78, 5) is 16.7.